The van der Waals surface area contributed by atoms with Crippen molar-refractivity contribution in [1.82, 2.24) is 15.0 Å². The summed E-state index contributed by atoms with van der Waals surface area (Å²) in [6, 6.07) is 9.43. The highest BCUT2D eigenvalue weighted by Gasteiger charge is 2.17. The number of nitrogens with one attached hydrogen (secondary N) is 2. The Balaban J connectivity index is 1.70. The SMILES string of the molecule is COc1ccc(-c2cnc(Nc3cnc(C)c(NC(=O)OC(C)(C)C)c3)nc2)cc1. The minimum atomic E-state index is -0.583. The molecule has 0 radical (unpaired) electrons. The largest absolute Gasteiger partial charge is 0.497 e. The smallest absolute Gasteiger partial charge is 0.412 e. The van der Waals surface area contributed by atoms with Gasteiger partial charge in [0.05, 0.1) is 30.4 Å². The molecular weight excluding hydrogens is 382 g/mol. The molecule has 0 bridgehead atoms. The zero-order valence-corrected chi connectivity index (χ0v) is 17.7. The normalized spacial score (nSPS) is 11.0. The second-order valence-electron chi connectivity index (χ2n) is 7.63. The lowest BCUT2D eigenvalue weighted by Crippen LogP contribution is -2.27. The Labute approximate surface area is 175 Å². The number of aryl methyl sites for hydroxylation is 1. The van der Waals surface area contributed by atoms with Gasteiger partial charge in [0.2, 0.25) is 5.95 Å². The van der Waals surface area contributed by atoms with Crippen LogP contribution in [0.1, 0.15) is 26.5 Å². The minimum Gasteiger partial charge on any atom is -0.497 e. The summed E-state index contributed by atoms with van der Waals surface area (Å²) >= 11 is 0. The minimum absolute atomic E-state index is 0.418. The number of hydrogen-bond acceptors (Lipinski definition) is 7. The van der Waals surface area contributed by atoms with Gasteiger partial charge in [-0.25, -0.2) is 14.8 Å². The highest BCUT2D eigenvalue weighted by molar-refractivity contribution is 5.86. The fourth-order valence-corrected chi connectivity index (χ4v) is 2.60. The van der Waals surface area contributed by atoms with Gasteiger partial charge in [-0.2, -0.15) is 0 Å². The first-order valence-electron chi connectivity index (χ1n) is 9.43. The molecule has 3 rings (SSSR count). The molecule has 2 heterocycles. The first-order chi connectivity index (χ1) is 14.2. The molecule has 0 aliphatic rings. The number of hydrogen-bond donors (Lipinski definition) is 2. The van der Waals surface area contributed by atoms with Gasteiger partial charge in [-0.15, -0.1) is 0 Å². The topological polar surface area (TPSA) is 98.3 Å². The van der Waals surface area contributed by atoms with Crippen LogP contribution >= 0.6 is 0 Å². The van der Waals surface area contributed by atoms with Crippen molar-refractivity contribution in [2.24, 2.45) is 0 Å². The Bertz CT molecular complexity index is 1010. The third kappa shape index (κ3) is 5.66. The van der Waals surface area contributed by atoms with E-state index in [0.717, 1.165) is 16.9 Å². The van der Waals surface area contributed by atoms with Gasteiger partial charge in [-0.1, -0.05) is 12.1 Å². The van der Waals surface area contributed by atoms with E-state index in [1.54, 1.807) is 38.7 Å². The van der Waals surface area contributed by atoms with Crippen LogP contribution in [0.25, 0.3) is 11.1 Å². The molecule has 2 N–H and O–H groups in total. The van der Waals surface area contributed by atoms with Crippen LogP contribution in [-0.4, -0.2) is 33.8 Å². The van der Waals surface area contributed by atoms with Crippen molar-refractivity contribution >= 4 is 23.4 Å². The lowest BCUT2D eigenvalue weighted by Gasteiger charge is -2.20. The van der Waals surface area contributed by atoms with E-state index in [1.165, 1.54) is 0 Å². The third-order valence-corrected chi connectivity index (χ3v) is 4.05. The summed E-state index contributed by atoms with van der Waals surface area (Å²) in [6.45, 7) is 7.23. The number of nitrogens with zero attached hydrogens (tertiary/aromatic N) is 3. The van der Waals surface area contributed by atoms with Gasteiger partial charge in [0.25, 0.3) is 0 Å². The Morgan fingerprint density at radius 1 is 0.967 bits per heavy atom. The molecule has 8 heteroatoms. The maximum atomic E-state index is 12.0. The van der Waals surface area contributed by atoms with Crippen molar-refractivity contribution in [3.8, 4) is 16.9 Å². The number of pyridine rings is 1. The van der Waals surface area contributed by atoms with E-state index in [0.29, 0.717) is 23.0 Å². The van der Waals surface area contributed by atoms with Crippen molar-refractivity contribution in [2.45, 2.75) is 33.3 Å². The summed E-state index contributed by atoms with van der Waals surface area (Å²) in [4.78, 5) is 25.1. The van der Waals surface area contributed by atoms with Crippen molar-refractivity contribution in [2.75, 3.05) is 17.7 Å². The van der Waals surface area contributed by atoms with Crippen molar-refractivity contribution in [3.63, 3.8) is 0 Å². The van der Waals surface area contributed by atoms with E-state index >= 15 is 0 Å². The number of anilines is 3. The summed E-state index contributed by atoms with van der Waals surface area (Å²) in [5.41, 5.74) is 3.15. The van der Waals surface area contributed by atoms with E-state index in [1.807, 2.05) is 45.0 Å². The van der Waals surface area contributed by atoms with Gasteiger partial charge in [0.1, 0.15) is 11.4 Å². The molecule has 30 heavy (non-hydrogen) atoms. The molecular formula is C22H25N5O3. The summed E-state index contributed by atoms with van der Waals surface area (Å²) in [6.07, 6.45) is 4.58. The number of methoxy groups -OCH3 is 1. The summed E-state index contributed by atoms with van der Waals surface area (Å²) in [5.74, 6) is 1.21. The molecule has 2 aromatic heterocycles. The summed E-state index contributed by atoms with van der Waals surface area (Å²) < 4.78 is 10.5. The average molecular weight is 407 g/mol. The second kappa shape index (κ2) is 8.77. The predicted octanol–water partition coefficient (Wildman–Crippen LogP) is 4.95. The fourth-order valence-electron chi connectivity index (χ4n) is 2.60. The molecule has 0 aliphatic carbocycles. The van der Waals surface area contributed by atoms with Crippen molar-refractivity contribution in [3.05, 3.63) is 54.6 Å². The molecule has 0 saturated heterocycles. The molecule has 0 unspecified atom stereocenters. The van der Waals surface area contributed by atoms with Gasteiger partial charge in [-0.05, 0) is 51.5 Å². The molecule has 0 fully saturated rings. The maximum Gasteiger partial charge on any atom is 0.412 e. The van der Waals surface area contributed by atoms with E-state index in [9.17, 15) is 4.79 Å². The molecule has 0 aliphatic heterocycles. The summed E-state index contributed by atoms with van der Waals surface area (Å²) in [5, 5.41) is 5.81. The van der Waals surface area contributed by atoms with Crippen LogP contribution in [0.2, 0.25) is 0 Å². The zero-order chi connectivity index (χ0) is 21.7. The van der Waals surface area contributed by atoms with Crippen LogP contribution in [0, 0.1) is 6.92 Å². The fraction of sp³-hybridized carbons (Fsp3) is 0.273. The number of amides is 1. The number of aromatic nitrogens is 3. The first-order valence-corrected chi connectivity index (χ1v) is 9.43. The molecule has 3 aromatic rings. The predicted molar refractivity (Wildman–Crippen MR) is 116 cm³/mol. The number of carbonyl (C=O) groups is 1. The molecule has 1 aromatic carbocycles. The van der Waals surface area contributed by atoms with Crippen LogP contribution in [0.4, 0.5) is 22.1 Å². The Morgan fingerprint density at radius 3 is 2.23 bits per heavy atom. The third-order valence-electron chi connectivity index (χ3n) is 4.05. The molecule has 1 amide bonds. The van der Waals surface area contributed by atoms with Crippen molar-refractivity contribution in [1.29, 1.82) is 0 Å². The maximum absolute atomic E-state index is 12.0. The van der Waals surface area contributed by atoms with Crippen LogP contribution in [0.15, 0.2) is 48.9 Å². The number of rotatable bonds is 5. The number of ether oxygens (including phenoxy) is 2. The highest BCUT2D eigenvalue weighted by Crippen LogP contribution is 2.24. The second-order valence-corrected chi connectivity index (χ2v) is 7.63. The van der Waals surface area contributed by atoms with Crippen LogP contribution in [0.3, 0.4) is 0 Å². The lowest BCUT2D eigenvalue weighted by atomic mass is 10.1. The van der Waals surface area contributed by atoms with Crippen LogP contribution in [0.5, 0.6) is 5.75 Å². The van der Waals surface area contributed by atoms with Crippen LogP contribution < -0.4 is 15.4 Å². The monoisotopic (exact) mass is 407 g/mol. The Morgan fingerprint density at radius 2 is 1.63 bits per heavy atom. The van der Waals surface area contributed by atoms with Crippen LogP contribution in [-0.2, 0) is 4.74 Å². The molecule has 0 atom stereocenters. The average Bonchev–Trinajstić information content (AvgIpc) is 2.70. The van der Waals surface area contributed by atoms with Gasteiger partial charge < -0.3 is 14.8 Å². The van der Waals surface area contributed by atoms with Gasteiger partial charge in [0, 0.05) is 18.0 Å². The first kappa shape index (κ1) is 21.0. The molecule has 0 spiro atoms. The van der Waals surface area contributed by atoms with E-state index in [4.69, 9.17) is 9.47 Å². The molecule has 156 valence electrons. The quantitative estimate of drug-likeness (QED) is 0.618. The number of carbonyl (C=O) groups excluding carboxylic acids is 1. The van der Waals surface area contributed by atoms with Crippen molar-refractivity contribution < 1.29 is 14.3 Å². The summed E-state index contributed by atoms with van der Waals surface area (Å²) in [7, 11) is 1.63. The van der Waals surface area contributed by atoms with Gasteiger partial charge in [-0.3, -0.25) is 10.3 Å². The highest BCUT2D eigenvalue weighted by atomic mass is 16.6. The van der Waals surface area contributed by atoms with E-state index in [-0.39, 0.29) is 0 Å². The van der Waals surface area contributed by atoms with Gasteiger partial charge in [0.15, 0.2) is 0 Å². The number of benzene rings is 1. The lowest BCUT2D eigenvalue weighted by molar-refractivity contribution is 0.0635. The Hall–Kier alpha value is -3.68. The zero-order valence-electron chi connectivity index (χ0n) is 17.7. The standard InChI is InChI=1S/C22H25N5O3/c1-14-19(27-21(28)30-22(2,3)4)10-17(13-23-14)26-20-24-11-16(12-25-20)15-6-8-18(29-5)9-7-15/h6-13H,1-5H3,(H,27,28)(H,24,25,26). The van der Waals surface area contributed by atoms with E-state index in [2.05, 4.69) is 25.6 Å². The Kier molecular flexibility index (Phi) is 6.15. The molecule has 0 saturated carbocycles. The van der Waals surface area contributed by atoms with Gasteiger partial charge >= 0.3 is 6.09 Å². The molecule has 8 nitrogen and oxygen atoms in total. The van der Waals surface area contributed by atoms with E-state index < -0.39 is 11.7 Å².